The Bertz CT molecular complexity index is 501. The molecule has 96 valence electrons. The van der Waals surface area contributed by atoms with Gasteiger partial charge in [0.2, 0.25) is 0 Å². The summed E-state index contributed by atoms with van der Waals surface area (Å²) < 4.78 is 5.61. The van der Waals surface area contributed by atoms with Crippen LogP contribution in [0, 0.1) is 0 Å². The third-order valence-electron chi connectivity index (χ3n) is 3.10. The van der Waals surface area contributed by atoms with E-state index in [1.165, 1.54) is 14.0 Å². The van der Waals surface area contributed by atoms with E-state index in [-0.39, 0.29) is 5.91 Å². The lowest BCUT2D eigenvalue weighted by Crippen LogP contribution is -2.61. The molecule has 1 aromatic carbocycles. The number of carbonyl (C=O) groups is 2. The SMILES string of the molecule is CCN1C(=O)C(C)(C(=O)NC)Oc2ccccc21. The van der Waals surface area contributed by atoms with Crippen molar-refractivity contribution in [1.82, 2.24) is 5.32 Å². The van der Waals surface area contributed by atoms with Crippen LogP contribution >= 0.6 is 0 Å². The summed E-state index contributed by atoms with van der Waals surface area (Å²) in [7, 11) is 1.49. The highest BCUT2D eigenvalue weighted by Gasteiger charge is 2.49. The molecule has 1 unspecified atom stereocenters. The Hall–Kier alpha value is -2.04. The standard InChI is InChI=1S/C13H16N2O3/c1-4-15-9-7-5-6-8-10(9)18-13(2,12(15)17)11(16)14-3/h5-8H,4H2,1-3H3,(H,14,16). The van der Waals surface area contributed by atoms with Gasteiger partial charge in [-0.15, -0.1) is 0 Å². The number of rotatable bonds is 2. The highest BCUT2D eigenvalue weighted by Crippen LogP contribution is 2.37. The van der Waals surface area contributed by atoms with Crippen LogP contribution in [0.2, 0.25) is 0 Å². The molecule has 2 rings (SSSR count). The van der Waals surface area contributed by atoms with Crippen LogP contribution in [0.3, 0.4) is 0 Å². The largest absolute Gasteiger partial charge is 0.466 e. The summed E-state index contributed by atoms with van der Waals surface area (Å²) in [6.45, 7) is 3.85. The second kappa shape index (κ2) is 4.33. The van der Waals surface area contributed by atoms with Gasteiger partial charge in [0, 0.05) is 13.6 Å². The molecule has 1 N–H and O–H groups in total. The number of carbonyl (C=O) groups excluding carboxylic acids is 2. The molecule has 1 aliphatic heterocycles. The molecule has 0 saturated heterocycles. The van der Waals surface area contributed by atoms with E-state index in [0.717, 1.165) is 0 Å². The molecule has 0 aromatic heterocycles. The van der Waals surface area contributed by atoms with E-state index in [2.05, 4.69) is 5.32 Å². The van der Waals surface area contributed by atoms with Crippen molar-refractivity contribution in [3.63, 3.8) is 0 Å². The summed E-state index contributed by atoms with van der Waals surface area (Å²) in [6, 6.07) is 7.21. The molecule has 1 heterocycles. The fourth-order valence-electron chi connectivity index (χ4n) is 2.09. The molecule has 0 radical (unpaired) electrons. The van der Waals surface area contributed by atoms with Gasteiger partial charge >= 0.3 is 0 Å². The fraction of sp³-hybridized carbons (Fsp3) is 0.385. The lowest BCUT2D eigenvalue weighted by molar-refractivity contribution is -0.148. The van der Waals surface area contributed by atoms with Gasteiger partial charge in [-0.25, -0.2) is 0 Å². The molecule has 18 heavy (non-hydrogen) atoms. The van der Waals surface area contributed by atoms with Crippen molar-refractivity contribution >= 4 is 17.5 Å². The zero-order chi connectivity index (χ0) is 13.3. The number of nitrogens with zero attached hydrogens (tertiary/aromatic N) is 1. The molecule has 2 amide bonds. The van der Waals surface area contributed by atoms with Crippen LogP contribution in [0.15, 0.2) is 24.3 Å². The first-order chi connectivity index (χ1) is 8.54. The number of amides is 2. The summed E-state index contributed by atoms with van der Waals surface area (Å²) in [4.78, 5) is 25.8. The minimum atomic E-state index is -1.50. The number of likely N-dealkylation sites (N-methyl/N-ethyl adjacent to an activating group) is 2. The van der Waals surface area contributed by atoms with Crippen molar-refractivity contribution in [1.29, 1.82) is 0 Å². The van der Waals surface area contributed by atoms with Gasteiger partial charge in [-0.05, 0) is 26.0 Å². The van der Waals surface area contributed by atoms with Gasteiger partial charge in [-0.3, -0.25) is 9.59 Å². The first kappa shape index (κ1) is 12.4. The van der Waals surface area contributed by atoms with Crippen LogP contribution in [-0.2, 0) is 9.59 Å². The summed E-state index contributed by atoms with van der Waals surface area (Å²) in [5, 5.41) is 2.47. The molecule has 1 atom stereocenters. The smallest absolute Gasteiger partial charge is 0.280 e. The van der Waals surface area contributed by atoms with Gasteiger partial charge in [0.05, 0.1) is 5.69 Å². The Morgan fingerprint density at radius 2 is 2.11 bits per heavy atom. The Morgan fingerprint density at radius 1 is 1.44 bits per heavy atom. The third-order valence-corrected chi connectivity index (χ3v) is 3.10. The highest BCUT2D eigenvalue weighted by molar-refractivity contribution is 6.16. The van der Waals surface area contributed by atoms with Crippen LogP contribution in [0.1, 0.15) is 13.8 Å². The summed E-state index contributed by atoms with van der Waals surface area (Å²) in [6.07, 6.45) is 0. The molecule has 0 saturated carbocycles. The lowest BCUT2D eigenvalue weighted by atomic mass is 10.00. The van der Waals surface area contributed by atoms with Gasteiger partial charge < -0.3 is 15.0 Å². The van der Waals surface area contributed by atoms with Gasteiger partial charge in [0.15, 0.2) is 0 Å². The fourth-order valence-corrected chi connectivity index (χ4v) is 2.09. The summed E-state index contributed by atoms with van der Waals surface area (Å²) >= 11 is 0. The Labute approximate surface area is 106 Å². The van der Waals surface area contributed by atoms with Crippen LogP contribution in [-0.4, -0.2) is 31.0 Å². The Balaban J connectivity index is 2.53. The first-order valence-corrected chi connectivity index (χ1v) is 5.86. The number of para-hydroxylation sites is 2. The van der Waals surface area contributed by atoms with E-state index in [1.54, 1.807) is 17.0 Å². The van der Waals surface area contributed by atoms with Gasteiger partial charge in [0.25, 0.3) is 17.4 Å². The van der Waals surface area contributed by atoms with E-state index >= 15 is 0 Å². The molecule has 0 bridgehead atoms. The lowest BCUT2D eigenvalue weighted by Gasteiger charge is -2.38. The monoisotopic (exact) mass is 248 g/mol. The molecule has 0 fully saturated rings. The maximum atomic E-state index is 12.4. The molecule has 0 spiro atoms. The van der Waals surface area contributed by atoms with E-state index in [0.29, 0.717) is 18.0 Å². The van der Waals surface area contributed by atoms with Crippen molar-refractivity contribution in [2.45, 2.75) is 19.4 Å². The average molecular weight is 248 g/mol. The average Bonchev–Trinajstić information content (AvgIpc) is 2.39. The van der Waals surface area contributed by atoms with E-state index in [4.69, 9.17) is 4.74 Å². The number of anilines is 1. The Morgan fingerprint density at radius 3 is 2.72 bits per heavy atom. The van der Waals surface area contributed by atoms with Crippen LogP contribution in [0.5, 0.6) is 5.75 Å². The second-order valence-electron chi connectivity index (χ2n) is 4.23. The second-order valence-corrected chi connectivity index (χ2v) is 4.23. The van der Waals surface area contributed by atoms with E-state index in [9.17, 15) is 9.59 Å². The molecule has 0 aliphatic carbocycles. The third kappa shape index (κ3) is 1.63. The molecule has 1 aromatic rings. The molecule has 1 aliphatic rings. The number of nitrogens with one attached hydrogen (secondary N) is 1. The van der Waals surface area contributed by atoms with Crippen molar-refractivity contribution in [3.05, 3.63) is 24.3 Å². The van der Waals surface area contributed by atoms with Crippen molar-refractivity contribution in [2.24, 2.45) is 0 Å². The molecular weight excluding hydrogens is 232 g/mol. The summed E-state index contributed by atoms with van der Waals surface area (Å²) in [5.41, 5.74) is -0.801. The van der Waals surface area contributed by atoms with Gasteiger partial charge in [0.1, 0.15) is 5.75 Å². The number of fused-ring (bicyclic) bond motifs is 1. The normalized spacial score (nSPS) is 22.2. The van der Waals surface area contributed by atoms with E-state index in [1.807, 2.05) is 19.1 Å². The quantitative estimate of drug-likeness (QED) is 0.792. The molecule has 5 nitrogen and oxygen atoms in total. The van der Waals surface area contributed by atoms with Crippen molar-refractivity contribution in [3.8, 4) is 5.75 Å². The minimum Gasteiger partial charge on any atom is -0.466 e. The number of hydrogen-bond acceptors (Lipinski definition) is 3. The predicted octanol–water partition coefficient (Wildman–Crippen LogP) is 0.937. The number of benzene rings is 1. The van der Waals surface area contributed by atoms with Gasteiger partial charge in [-0.1, -0.05) is 12.1 Å². The molecular formula is C13H16N2O3. The zero-order valence-electron chi connectivity index (χ0n) is 10.7. The highest BCUT2D eigenvalue weighted by atomic mass is 16.5. The minimum absolute atomic E-state index is 0.344. The summed E-state index contributed by atoms with van der Waals surface area (Å²) in [5.74, 6) is -0.242. The maximum absolute atomic E-state index is 12.4. The maximum Gasteiger partial charge on any atom is 0.280 e. The van der Waals surface area contributed by atoms with Crippen molar-refractivity contribution < 1.29 is 14.3 Å². The number of hydrogen-bond donors (Lipinski definition) is 1. The van der Waals surface area contributed by atoms with Crippen LogP contribution in [0.25, 0.3) is 0 Å². The molecule has 5 heteroatoms. The topological polar surface area (TPSA) is 58.6 Å². The van der Waals surface area contributed by atoms with Crippen molar-refractivity contribution in [2.75, 3.05) is 18.5 Å². The Kier molecular flexibility index (Phi) is 2.98. The zero-order valence-corrected chi connectivity index (χ0v) is 10.7. The van der Waals surface area contributed by atoms with Gasteiger partial charge in [-0.2, -0.15) is 0 Å². The van der Waals surface area contributed by atoms with Crippen LogP contribution < -0.4 is 15.0 Å². The number of ether oxygens (including phenoxy) is 1. The van der Waals surface area contributed by atoms with Crippen LogP contribution in [0.4, 0.5) is 5.69 Å². The predicted molar refractivity (Wildman–Crippen MR) is 67.6 cm³/mol. The first-order valence-electron chi connectivity index (χ1n) is 5.86. The van der Waals surface area contributed by atoms with E-state index < -0.39 is 11.5 Å².